The molecule has 3 aromatic heterocycles. The summed E-state index contributed by atoms with van der Waals surface area (Å²) in [6, 6.07) is 11.0. The minimum absolute atomic E-state index is 0.242. The van der Waals surface area contributed by atoms with Crippen LogP contribution in [0.5, 0.6) is 0 Å². The molecule has 3 heterocycles. The molecule has 0 radical (unpaired) electrons. The Morgan fingerprint density at radius 3 is 2.76 bits per heavy atom. The number of hydrogen-bond acceptors (Lipinski definition) is 7. The maximum absolute atomic E-state index is 12.9. The van der Waals surface area contributed by atoms with Crippen LogP contribution >= 0.6 is 0 Å². The number of benzene rings is 1. The van der Waals surface area contributed by atoms with Crippen molar-refractivity contribution in [2.75, 3.05) is 11.6 Å². The number of carbonyl (C=O) groups is 1. The maximum Gasteiger partial charge on any atom is 0.274 e. The molecule has 11 heteroatoms. The Bertz CT molecular complexity index is 1470. The second-order valence-electron chi connectivity index (χ2n) is 8.29. The molecule has 1 amide bonds. The van der Waals surface area contributed by atoms with Crippen LogP contribution in [0.15, 0.2) is 53.3 Å². The third kappa shape index (κ3) is 4.00. The fourth-order valence-electron chi connectivity index (χ4n) is 3.96. The molecule has 1 aliphatic carbocycles. The van der Waals surface area contributed by atoms with Gasteiger partial charge in [-0.25, -0.2) is 13.4 Å². The Hall–Kier alpha value is -3.57. The molecule has 4 aromatic rings. The van der Waals surface area contributed by atoms with Crippen LogP contribution in [0, 0.1) is 6.92 Å². The van der Waals surface area contributed by atoms with E-state index in [2.05, 4.69) is 25.2 Å². The van der Waals surface area contributed by atoms with E-state index in [0.717, 1.165) is 18.2 Å². The van der Waals surface area contributed by atoms with Gasteiger partial charge in [0.05, 0.1) is 12.5 Å². The van der Waals surface area contributed by atoms with Gasteiger partial charge in [-0.05, 0) is 49.9 Å². The number of carbonyl (C=O) groups excluding carboxylic acids is 1. The van der Waals surface area contributed by atoms with Crippen molar-refractivity contribution < 1.29 is 17.7 Å². The topological polar surface area (TPSA) is 131 Å². The fraction of sp³-hybridized carbons (Fsp3) is 0.273. The highest BCUT2D eigenvalue weighted by molar-refractivity contribution is 7.88. The zero-order valence-electron chi connectivity index (χ0n) is 18.1. The van der Waals surface area contributed by atoms with Crippen LogP contribution in [-0.4, -0.2) is 40.1 Å². The van der Waals surface area contributed by atoms with Crippen LogP contribution < -0.4 is 10.0 Å². The van der Waals surface area contributed by atoms with Gasteiger partial charge < -0.3 is 9.84 Å². The molecule has 0 atom stereocenters. The first-order valence-electron chi connectivity index (χ1n) is 10.4. The lowest BCUT2D eigenvalue weighted by molar-refractivity contribution is 0.102. The molecule has 1 aromatic carbocycles. The molecule has 0 aliphatic heterocycles. The smallest absolute Gasteiger partial charge is 0.274 e. The van der Waals surface area contributed by atoms with Crippen LogP contribution in [0.1, 0.15) is 41.2 Å². The van der Waals surface area contributed by atoms with Gasteiger partial charge in [-0.3, -0.25) is 9.20 Å². The van der Waals surface area contributed by atoms with Gasteiger partial charge in [-0.2, -0.15) is 9.71 Å². The van der Waals surface area contributed by atoms with Crippen LogP contribution in [0.3, 0.4) is 0 Å². The molecule has 0 unspecified atom stereocenters. The van der Waals surface area contributed by atoms with Gasteiger partial charge >= 0.3 is 0 Å². The zero-order valence-corrected chi connectivity index (χ0v) is 18.9. The zero-order chi connectivity index (χ0) is 23.2. The van der Waals surface area contributed by atoms with Crippen molar-refractivity contribution in [2.45, 2.75) is 31.7 Å². The molecule has 170 valence electrons. The number of imidazole rings is 1. The van der Waals surface area contributed by atoms with E-state index < -0.39 is 15.6 Å². The molecule has 2 N–H and O–H groups in total. The third-order valence-electron chi connectivity index (χ3n) is 5.82. The van der Waals surface area contributed by atoms with E-state index >= 15 is 0 Å². The number of hydrogen-bond donors (Lipinski definition) is 2. The SMILES string of the molecule is Cc1ccc(-c2noc(C3(NS(C)(=O)=O)CCC3)n2)cc1NC(=O)c1cnc2ccccn12. The third-order valence-corrected chi connectivity index (χ3v) is 6.58. The number of fused-ring (bicyclic) bond motifs is 1. The van der Waals surface area contributed by atoms with E-state index in [1.54, 1.807) is 16.7 Å². The lowest BCUT2D eigenvalue weighted by atomic mass is 9.77. The normalized spacial score (nSPS) is 15.3. The number of nitrogens with one attached hydrogen (secondary N) is 2. The van der Waals surface area contributed by atoms with E-state index in [-0.39, 0.29) is 11.8 Å². The average molecular weight is 467 g/mol. The first-order valence-corrected chi connectivity index (χ1v) is 12.3. The van der Waals surface area contributed by atoms with Gasteiger partial charge in [0.2, 0.25) is 21.7 Å². The molecule has 1 aliphatic rings. The number of nitrogens with zero attached hydrogens (tertiary/aromatic N) is 4. The Morgan fingerprint density at radius 2 is 2.03 bits per heavy atom. The molecule has 0 saturated heterocycles. The first-order chi connectivity index (χ1) is 15.7. The Balaban J connectivity index is 1.42. The number of rotatable bonds is 6. The van der Waals surface area contributed by atoms with Gasteiger partial charge in [0.15, 0.2) is 0 Å². The van der Waals surface area contributed by atoms with Crippen molar-refractivity contribution in [3.05, 3.63) is 65.9 Å². The standard InChI is InChI=1S/C22H22N6O4S/c1-14-7-8-15(19-25-21(32-26-19)22(9-5-10-22)27-33(2,30)31)12-16(14)24-20(29)17-13-23-18-6-3-4-11-28(17)18/h3-4,6-8,11-13,27H,5,9-10H2,1-2H3,(H,24,29). The summed E-state index contributed by atoms with van der Waals surface area (Å²) in [4.78, 5) is 21.6. The van der Waals surface area contributed by atoms with Gasteiger partial charge in [0, 0.05) is 17.4 Å². The summed E-state index contributed by atoms with van der Waals surface area (Å²) in [6.45, 7) is 1.88. The lowest BCUT2D eigenvalue weighted by Gasteiger charge is -2.38. The molecule has 0 bridgehead atoms. The molecule has 5 rings (SSSR count). The summed E-state index contributed by atoms with van der Waals surface area (Å²) in [6.07, 6.45) is 6.48. The molecule has 1 fully saturated rings. The van der Waals surface area contributed by atoms with Crippen LogP contribution in [0.2, 0.25) is 0 Å². The van der Waals surface area contributed by atoms with Crippen molar-refractivity contribution in [3.8, 4) is 11.4 Å². The largest absolute Gasteiger partial charge is 0.337 e. The van der Waals surface area contributed by atoms with Crippen molar-refractivity contribution in [1.29, 1.82) is 0 Å². The second kappa shape index (κ2) is 7.78. The minimum atomic E-state index is -3.44. The van der Waals surface area contributed by atoms with Crippen LogP contribution in [0.4, 0.5) is 5.69 Å². The lowest BCUT2D eigenvalue weighted by Crippen LogP contribution is -2.50. The van der Waals surface area contributed by atoms with Crippen molar-refractivity contribution in [1.82, 2.24) is 24.2 Å². The summed E-state index contributed by atoms with van der Waals surface area (Å²) < 4.78 is 33.4. The highest BCUT2D eigenvalue weighted by Crippen LogP contribution is 2.41. The molecule has 10 nitrogen and oxygen atoms in total. The quantitative estimate of drug-likeness (QED) is 0.447. The number of pyridine rings is 1. The highest BCUT2D eigenvalue weighted by Gasteiger charge is 2.46. The number of anilines is 1. The van der Waals surface area contributed by atoms with Gasteiger partial charge in [0.1, 0.15) is 16.9 Å². The Morgan fingerprint density at radius 1 is 1.21 bits per heavy atom. The van der Waals surface area contributed by atoms with E-state index in [4.69, 9.17) is 4.52 Å². The minimum Gasteiger partial charge on any atom is -0.337 e. The second-order valence-corrected chi connectivity index (χ2v) is 10.0. The van der Waals surface area contributed by atoms with Crippen molar-refractivity contribution in [2.24, 2.45) is 0 Å². The van der Waals surface area contributed by atoms with E-state index in [1.165, 1.54) is 6.20 Å². The molecule has 0 spiro atoms. The van der Waals surface area contributed by atoms with E-state index in [1.807, 2.05) is 37.3 Å². The predicted octanol–water partition coefficient (Wildman–Crippen LogP) is 2.87. The average Bonchev–Trinajstić information content (AvgIpc) is 3.39. The van der Waals surface area contributed by atoms with Crippen molar-refractivity contribution in [3.63, 3.8) is 0 Å². The number of amides is 1. The fourth-order valence-corrected chi connectivity index (χ4v) is 4.96. The summed E-state index contributed by atoms with van der Waals surface area (Å²) >= 11 is 0. The molecule has 33 heavy (non-hydrogen) atoms. The van der Waals surface area contributed by atoms with E-state index in [0.29, 0.717) is 41.3 Å². The maximum atomic E-state index is 12.9. The number of sulfonamides is 1. The summed E-state index contributed by atoms with van der Waals surface area (Å²) in [7, 11) is -3.44. The molecular weight excluding hydrogens is 444 g/mol. The summed E-state index contributed by atoms with van der Waals surface area (Å²) in [5, 5.41) is 6.99. The highest BCUT2D eigenvalue weighted by atomic mass is 32.2. The Kier molecular flexibility index (Phi) is 5.02. The number of aryl methyl sites for hydroxylation is 1. The first kappa shape index (κ1) is 21.3. The van der Waals surface area contributed by atoms with E-state index in [9.17, 15) is 13.2 Å². The van der Waals surface area contributed by atoms with Crippen LogP contribution in [0.25, 0.3) is 17.0 Å². The summed E-state index contributed by atoms with van der Waals surface area (Å²) in [5.41, 5.74) is 2.33. The molecular formula is C22H22N6O4S. The monoisotopic (exact) mass is 466 g/mol. The van der Waals surface area contributed by atoms with Gasteiger partial charge in [0.25, 0.3) is 5.91 Å². The van der Waals surface area contributed by atoms with Gasteiger partial charge in [-0.1, -0.05) is 23.4 Å². The van der Waals surface area contributed by atoms with Crippen molar-refractivity contribution >= 4 is 27.3 Å². The number of aromatic nitrogens is 4. The Labute approximate surface area is 190 Å². The van der Waals surface area contributed by atoms with Crippen LogP contribution in [-0.2, 0) is 15.6 Å². The molecule has 1 saturated carbocycles. The summed E-state index contributed by atoms with van der Waals surface area (Å²) in [5.74, 6) is 0.261. The van der Waals surface area contributed by atoms with Gasteiger partial charge in [-0.15, -0.1) is 0 Å². The predicted molar refractivity (Wildman–Crippen MR) is 121 cm³/mol.